The van der Waals surface area contributed by atoms with Crippen molar-refractivity contribution in [3.63, 3.8) is 0 Å². The highest BCUT2D eigenvalue weighted by Crippen LogP contribution is 2.25. The minimum atomic E-state index is 0.757. The molecule has 0 radical (unpaired) electrons. The zero-order valence-corrected chi connectivity index (χ0v) is 9.80. The number of aromatic nitrogens is 2. The van der Waals surface area contributed by atoms with Gasteiger partial charge in [-0.05, 0) is 58.2 Å². The number of nitrogens with one attached hydrogen (secondary N) is 1. The molecule has 1 unspecified atom stereocenters. The van der Waals surface area contributed by atoms with Crippen LogP contribution in [0.25, 0.3) is 0 Å². The highest BCUT2D eigenvalue weighted by Gasteiger charge is 2.21. The third-order valence-corrected chi connectivity index (χ3v) is 3.19. The van der Waals surface area contributed by atoms with Gasteiger partial charge < -0.3 is 5.32 Å². The normalized spacial score (nSPS) is 20.1. The van der Waals surface area contributed by atoms with Crippen LogP contribution in [0, 0.1) is 19.8 Å². The first-order valence-corrected chi connectivity index (χ1v) is 5.68. The van der Waals surface area contributed by atoms with Crippen LogP contribution in [0.1, 0.15) is 29.2 Å². The minimum absolute atomic E-state index is 0.757. The molecule has 0 fully saturated rings. The second-order valence-corrected chi connectivity index (χ2v) is 4.45. The molecular weight excluding hydrogens is 186 g/mol. The van der Waals surface area contributed by atoms with Crippen molar-refractivity contribution in [2.24, 2.45) is 5.92 Å². The van der Waals surface area contributed by atoms with Gasteiger partial charge in [0.05, 0.1) is 0 Å². The van der Waals surface area contributed by atoms with Gasteiger partial charge in [0, 0.05) is 11.4 Å². The van der Waals surface area contributed by atoms with Crippen LogP contribution in [0.2, 0.25) is 0 Å². The fraction of sp³-hybridized carbons (Fsp3) is 0.667. The summed E-state index contributed by atoms with van der Waals surface area (Å²) in [7, 11) is 2.02. The van der Waals surface area contributed by atoms with E-state index >= 15 is 0 Å². The van der Waals surface area contributed by atoms with Crippen LogP contribution >= 0.6 is 0 Å². The Hall–Kier alpha value is -0.960. The average Bonchev–Trinajstić information content (AvgIpc) is 2.19. The summed E-state index contributed by atoms with van der Waals surface area (Å²) in [5.41, 5.74) is 3.86. The van der Waals surface area contributed by atoms with Crippen molar-refractivity contribution in [2.45, 2.75) is 33.1 Å². The number of fused-ring (bicyclic) bond motifs is 1. The van der Waals surface area contributed by atoms with Gasteiger partial charge in [-0.1, -0.05) is 0 Å². The summed E-state index contributed by atoms with van der Waals surface area (Å²) in [5.74, 6) is 1.67. The first kappa shape index (κ1) is 10.6. The van der Waals surface area contributed by atoms with Gasteiger partial charge >= 0.3 is 0 Å². The highest BCUT2D eigenvalue weighted by atomic mass is 14.9. The van der Waals surface area contributed by atoms with Crippen molar-refractivity contribution in [2.75, 3.05) is 13.6 Å². The fourth-order valence-corrected chi connectivity index (χ4v) is 2.47. The van der Waals surface area contributed by atoms with Crippen molar-refractivity contribution in [3.8, 4) is 0 Å². The topological polar surface area (TPSA) is 37.8 Å². The Balaban J connectivity index is 2.25. The summed E-state index contributed by atoms with van der Waals surface area (Å²) < 4.78 is 0. The van der Waals surface area contributed by atoms with Crippen molar-refractivity contribution in [1.29, 1.82) is 0 Å². The van der Waals surface area contributed by atoms with E-state index in [1.165, 1.54) is 23.4 Å². The number of hydrogen-bond donors (Lipinski definition) is 1. The van der Waals surface area contributed by atoms with E-state index in [0.29, 0.717) is 0 Å². The Morgan fingerprint density at radius 3 is 2.87 bits per heavy atom. The number of hydrogen-bond acceptors (Lipinski definition) is 3. The van der Waals surface area contributed by atoms with Gasteiger partial charge in [-0.3, -0.25) is 0 Å². The van der Waals surface area contributed by atoms with Gasteiger partial charge in [0.2, 0.25) is 0 Å². The van der Waals surface area contributed by atoms with Gasteiger partial charge in [-0.15, -0.1) is 0 Å². The van der Waals surface area contributed by atoms with E-state index in [2.05, 4.69) is 22.2 Å². The molecule has 1 atom stereocenters. The van der Waals surface area contributed by atoms with Gasteiger partial charge in [0.25, 0.3) is 0 Å². The largest absolute Gasteiger partial charge is 0.319 e. The van der Waals surface area contributed by atoms with Crippen LogP contribution < -0.4 is 5.32 Å². The van der Waals surface area contributed by atoms with Gasteiger partial charge in [-0.2, -0.15) is 0 Å². The van der Waals surface area contributed by atoms with Crippen LogP contribution in [0.15, 0.2) is 0 Å². The lowest BCUT2D eigenvalue weighted by molar-refractivity contribution is 0.432. The summed E-state index contributed by atoms with van der Waals surface area (Å²) in [6.07, 6.45) is 3.51. The first-order chi connectivity index (χ1) is 7.20. The Morgan fingerprint density at radius 1 is 1.33 bits per heavy atom. The van der Waals surface area contributed by atoms with E-state index in [0.717, 1.165) is 31.1 Å². The van der Waals surface area contributed by atoms with E-state index in [1.54, 1.807) is 0 Å². The second-order valence-electron chi connectivity index (χ2n) is 4.45. The molecule has 1 aromatic heterocycles. The summed E-state index contributed by atoms with van der Waals surface area (Å²) in [6, 6.07) is 0. The Bertz CT molecular complexity index is 360. The fourth-order valence-electron chi connectivity index (χ4n) is 2.47. The molecule has 3 nitrogen and oxygen atoms in total. The van der Waals surface area contributed by atoms with Crippen molar-refractivity contribution in [3.05, 3.63) is 22.8 Å². The summed E-state index contributed by atoms with van der Waals surface area (Å²) in [6.45, 7) is 5.19. The molecule has 15 heavy (non-hydrogen) atoms. The van der Waals surface area contributed by atoms with E-state index in [4.69, 9.17) is 0 Å². The predicted molar refractivity (Wildman–Crippen MR) is 60.9 cm³/mol. The van der Waals surface area contributed by atoms with Crippen molar-refractivity contribution >= 4 is 0 Å². The lowest BCUT2D eigenvalue weighted by Crippen LogP contribution is -2.26. The average molecular weight is 205 g/mol. The molecule has 82 valence electrons. The Labute approximate surface area is 91.3 Å². The molecule has 0 saturated carbocycles. The van der Waals surface area contributed by atoms with Crippen LogP contribution in [-0.4, -0.2) is 23.6 Å². The zero-order chi connectivity index (χ0) is 10.8. The molecule has 2 rings (SSSR count). The molecule has 1 aliphatic carbocycles. The van der Waals surface area contributed by atoms with E-state index in [1.807, 2.05) is 14.0 Å². The molecule has 1 aromatic rings. The van der Waals surface area contributed by atoms with Gasteiger partial charge in [0.1, 0.15) is 5.82 Å². The number of rotatable bonds is 2. The van der Waals surface area contributed by atoms with Crippen LogP contribution in [0.3, 0.4) is 0 Å². The van der Waals surface area contributed by atoms with Gasteiger partial charge in [0.15, 0.2) is 0 Å². The summed E-state index contributed by atoms with van der Waals surface area (Å²) in [5, 5.41) is 3.26. The van der Waals surface area contributed by atoms with Crippen molar-refractivity contribution < 1.29 is 0 Å². The standard InChI is InChI=1S/C12H19N3/c1-8-11-6-10(7-13-3)4-5-12(11)15-9(2)14-8/h10,13H,4-7H2,1-3H3. The zero-order valence-electron chi connectivity index (χ0n) is 9.80. The minimum Gasteiger partial charge on any atom is -0.319 e. The van der Waals surface area contributed by atoms with Gasteiger partial charge in [-0.25, -0.2) is 9.97 Å². The summed E-state index contributed by atoms with van der Waals surface area (Å²) >= 11 is 0. The lowest BCUT2D eigenvalue weighted by Gasteiger charge is -2.24. The van der Waals surface area contributed by atoms with E-state index < -0.39 is 0 Å². The maximum Gasteiger partial charge on any atom is 0.125 e. The maximum absolute atomic E-state index is 4.54. The van der Waals surface area contributed by atoms with E-state index in [9.17, 15) is 0 Å². The summed E-state index contributed by atoms with van der Waals surface area (Å²) in [4.78, 5) is 8.99. The van der Waals surface area contributed by atoms with Crippen LogP contribution in [0.5, 0.6) is 0 Å². The highest BCUT2D eigenvalue weighted by molar-refractivity contribution is 5.28. The molecule has 0 aromatic carbocycles. The molecule has 3 heteroatoms. The first-order valence-electron chi connectivity index (χ1n) is 5.68. The van der Waals surface area contributed by atoms with Crippen LogP contribution in [-0.2, 0) is 12.8 Å². The monoisotopic (exact) mass is 205 g/mol. The molecule has 0 spiro atoms. The molecule has 0 saturated heterocycles. The Morgan fingerprint density at radius 2 is 2.13 bits per heavy atom. The molecule has 0 amide bonds. The molecule has 1 heterocycles. The second kappa shape index (κ2) is 4.27. The Kier molecular flexibility index (Phi) is 3.00. The van der Waals surface area contributed by atoms with Crippen molar-refractivity contribution in [1.82, 2.24) is 15.3 Å². The molecule has 1 N–H and O–H groups in total. The molecule has 0 bridgehead atoms. The lowest BCUT2D eigenvalue weighted by atomic mass is 9.86. The predicted octanol–water partition coefficient (Wildman–Crippen LogP) is 1.42. The SMILES string of the molecule is CNCC1CCc2nc(C)nc(C)c2C1. The third-order valence-electron chi connectivity index (χ3n) is 3.19. The number of aryl methyl sites for hydroxylation is 3. The third kappa shape index (κ3) is 2.17. The van der Waals surface area contributed by atoms with E-state index in [-0.39, 0.29) is 0 Å². The molecular formula is C12H19N3. The quantitative estimate of drug-likeness (QED) is 0.793. The molecule has 1 aliphatic rings. The number of nitrogens with zero attached hydrogens (tertiary/aromatic N) is 2. The van der Waals surface area contributed by atoms with Crippen LogP contribution in [0.4, 0.5) is 0 Å². The smallest absolute Gasteiger partial charge is 0.125 e. The molecule has 0 aliphatic heterocycles. The maximum atomic E-state index is 4.54.